The van der Waals surface area contributed by atoms with Gasteiger partial charge >= 0.3 is 0 Å². The molecule has 2 saturated carbocycles. The molecule has 1 aromatic rings. The van der Waals surface area contributed by atoms with Crippen LogP contribution < -0.4 is 5.32 Å². The molecule has 0 spiro atoms. The molecule has 1 nitrogen and oxygen atoms in total. The fraction of sp³-hybridized carbons (Fsp3) is 0.700. The molecule has 1 N–H and O–H groups in total. The Labute approximate surface area is 130 Å². The van der Waals surface area contributed by atoms with Crippen LogP contribution in [0.5, 0.6) is 0 Å². The van der Waals surface area contributed by atoms with Gasteiger partial charge in [0.2, 0.25) is 0 Å². The Morgan fingerprint density at radius 2 is 1.86 bits per heavy atom. The minimum atomic E-state index is 0.583. The van der Waals surface area contributed by atoms with Crippen LogP contribution in [0.25, 0.3) is 0 Å². The van der Waals surface area contributed by atoms with Crippen LogP contribution in [0.15, 0.2) is 24.3 Å². The third kappa shape index (κ3) is 3.18. The maximum absolute atomic E-state index is 3.90. The first kappa shape index (κ1) is 15.1. The van der Waals surface area contributed by atoms with Crippen molar-refractivity contribution in [3.8, 4) is 0 Å². The number of hydrogen-bond acceptors (Lipinski definition) is 1. The van der Waals surface area contributed by atoms with E-state index in [1.165, 1.54) is 44.9 Å². The van der Waals surface area contributed by atoms with E-state index in [2.05, 4.69) is 43.4 Å². The molecular weight excluding hydrogens is 254 g/mol. The van der Waals surface area contributed by atoms with Gasteiger partial charge in [-0.05, 0) is 61.1 Å². The van der Waals surface area contributed by atoms with E-state index in [1.807, 2.05) is 0 Å². The summed E-state index contributed by atoms with van der Waals surface area (Å²) in [4.78, 5) is 0. The molecule has 1 aromatic carbocycles. The van der Waals surface area contributed by atoms with Crippen molar-refractivity contribution >= 4 is 0 Å². The minimum absolute atomic E-state index is 0.583. The second kappa shape index (κ2) is 6.96. The molecule has 1 heteroatoms. The van der Waals surface area contributed by atoms with Crippen molar-refractivity contribution in [1.82, 2.24) is 5.32 Å². The molecule has 0 radical (unpaired) electrons. The van der Waals surface area contributed by atoms with E-state index in [9.17, 15) is 0 Å². The van der Waals surface area contributed by atoms with E-state index >= 15 is 0 Å². The summed E-state index contributed by atoms with van der Waals surface area (Å²) in [5, 5.41) is 3.90. The van der Waals surface area contributed by atoms with Crippen LogP contribution in [0.3, 0.4) is 0 Å². The lowest BCUT2D eigenvalue weighted by Crippen LogP contribution is -2.31. The number of rotatable bonds is 6. The van der Waals surface area contributed by atoms with Gasteiger partial charge in [-0.15, -0.1) is 0 Å². The molecule has 0 amide bonds. The summed E-state index contributed by atoms with van der Waals surface area (Å²) in [6, 6.07) is 9.88. The summed E-state index contributed by atoms with van der Waals surface area (Å²) < 4.78 is 0. The van der Waals surface area contributed by atoms with Crippen molar-refractivity contribution in [1.29, 1.82) is 0 Å². The summed E-state index contributed by atoms with van der Waals surface area (Å²) in [5.74, 6) is 2.54. The Morgan fingerprint density at radius 1 is 1.10 bits per heavy atom. The predicted octanol–water partition coefficient (Wildman–Crippen LogP) is 5.43. The van der Waals surface area contributed by atoms with Crippen LogP contribution in [-0.2, 0) is 0 Å². The SMILES string of the molecule is CCCNC(c1ccccc1C1CCC1)C1CCCC1C. The Kier molecular flexibility index (Phi) is 5.00. The Hall–Kier alpha value is -0.820. The number of benzene rings is 1. The highest BCUT2D eigenvalue weighted by Gasteiger charge is 2.34. The van der Waals surface area contributed by atoms with Crippen LogP contribution in [-0.4, -0.2) is 6.54 Å². The van der Waals surface area contributed by atoms with Crippen molar-refractivity contribution < 1.29 is 0 Å². The molecule has 2 aliphatic carbocycles. The zero-order chi connectivity index (χ0) is 14.7. The maximum Gasteiger partial charge on any atom is 0.0354 e. The Morgan fingerprint density at radius 3 is 2.48 bits per heavy atom. The van der Waals surface area contributed by atoms with Gasteiger partial charge in [-0.3, -0.25) is 0 Å². The summed E-state index contributed by atoms with van der Waals surface area (Å²) >= 11 is 0. The van der Waals surface area contributed by atoms with Gasteiger partial charge in [0, 0.05) is 6.04 Å². The third-order valence-corrected chi connectivity index (χ3v) is 5.85. The van der Waals surface area contributed by atoms with Gasteiger partial charge in [0.25, 0.3) is 0 Å². The number of hydrogen-bond donors (Lipinski definition) is 1. The van der Waals surface area contributed by atoms with Gasteiger partial charge in [0.05, 0.1) is 0 Å². The van der Waals surface area contributed by atoms with Crippen molar-refractivity contribution in [2.75, 3.05) is 6.54 Å². The fourth-order valence-electron chi connectivity index (χ4n) is 4.35. The molecular formula is C20H31N. The van der Waals surface area contributed by atoms with Crippen LogP contribution in [0.1, 0.15) is 81.9 Å². The van der Waals surface area contributed by atoms with Crippen molar-refractivity contribution in [3.05, 3.63) is 35.4 Å². The third-order valence-electron chi connectivity index (χ3n) is 5.85. The van der Waals surface area contributed by atoms with E-state index in [-0.39, 0.29) is 0 Å². The first-order chi connectivity index (χ1) is 10.3. The van der Waals surface area contributed by atoms with Gasteiger partial charge in [-0.1, -0.05) is 57.4 Å². The highest BCUT2D eigenvalue weighted by atomic mass is 14.9. The Bertz CT molecular complexity index is 449. The monoisotopic (exact) mass is 285 g/mol. The van der Waals surface area contributed by atoms with Crippen molar-refractivity contribution in [2.24, 2.45) is 11.8 Å². The average molecular weight is 285 g/mol. The molecule has 2 aliphatic rings. The molecule has 116 valence electrons. The smallest absolute Gasteiger partial charge is 0.0354 e. The highest BCUT2D eigenvalue weighted by molar-refractivity contribution is 5.35. The second-order valence-electron chi connectivity index (χ2n) is 7.26. The van der Waals surface area contributed by atoms with Gasteiger partial charge in [0.1, 0.15) is 0 Å². The van der Waals surface area contributed by atoms with Crippen LogP contribution in [0.4, 0.5) is 0 Å². The molecule has 0 aromatic heterocycles. The first-order valence-corrected chi connectivity index (χ1v) is 9.13. The lowest BCUT2D eigenvalue weighted by molar-refractivity contribution is 0.297. The molecule has 2 fully saturated rings. The molecule has 21 heavy (non-hydrogen) atoms. The lowest BCUT2D eigenvalue weighted by atomic mass is 9.74. The predicted molar refractivity (Wildman–Crippen MR) is 90.6 cm³/mol. The highest BCUT2D eigenvalue weighted by Crippen LogP contribution is 2.45. The van der Waals surface area contributed by atoms with Gasteiger partial charge in [-0.25, -0.2) is 0 Å². The van der Waals surface area contributed by atoms with Crippen molar-refractivity contribution in [2.45, 2.75) is 70.8 Å². The molecule has 3 rings (SSSR count). The standard InChI is InChI=1S/C20H31N/c1-3-14-21-20(17-13-6-8-15(17)2)19-12-5-4-11-18(19)16-9-7-10-16/h4-5,11-12,15-17,20-21H,3,6-10,13-14H2,1-2H3. The van der Waals surface area contributed by atoms with Crippen molar-refractivity contribution in [3.63, 3.8) is 0 Å². The topological polar surface area (TPSA) is 12.0 Å². The van der Waals surface area contributed by atoms with Gasteiger partial charge in [-0.2, -0.15) is 0 Å². The fourth-order valence-corrected chi connectivity index (χ4v) is 4.35. The lowest BCUT2D eigenvalue weighted by Gasteiger charge is -2.34. The molecule has 3 unspecified atom stereocenters. The van der Waals surface area contributed by atoms with Gasteiger partial charge in [0.15, 0.2) is 0 Å². The summed E-state index contributed by atoms with van der Waals surface area (Å²) in [5.41, 5.74) is 3.27. The first-order valence-electron chi connectivity index (χ1n) is 9.13. The van der Waals surface area contributed by atoms with E-state index in [4.69, 9.17) is 0 Å². The van der Waals surface area contributed by atoms with Crippen LogP contribution in [0, 0.1) is 11.8 Å². The van der Waals surface area contributed by atoms with E-state index in [0.29, 0.717) is 6.04 Å². The average Bonchev–Trinajstić information content (AvgIpc) is 2.85. The maximum atomic E-state index is 3.90. The van der Waals surface area contributed by atoms with Gasteiger partial charge < -0.3 is 5.32 Å². The molecule has 3 atom stereocenters. The van der Waals surface area contributed by atoms with Crippen LogP contribution >= 0.6 is 0 Å². The molecule has 0 bridgehead atoms. The molecule has 0 aliphatic heterocycles. The molecule has 0 saturated heterocycles. The Balaban J connectivity index is 1.88. The molecule has 0 heterocycles. The summed E-state index contributed by atoms with van der Waals surface area (Å²) in [7, 11) is 0. The largest absolute Gasteiger partial charge is 0.310 e. The number of nitrogens with one attached hydrogen (secondary N) is 1. The zero-order valence-electron chi connectivity index (χ0n) is 13.8. The second-order valence-corrected chi connectivity index (χ2v) is 7.26. The van der Waals surface area contributed by atoms with E-state index in [1.54, 1.807) is 11.1 Å². The van der Waals surface area contributed by atoms with Crippen LogP contribution in [0.2, 0.25) is 0 Å². The van der Waals surface area contributed by atoms with E-state index < -0.39 is 0 Å². The minimum Gasteiger partial charge on any atom is -0.310 e. The zero-order valence-corrected chi connectivity index (χ0v) is 13.8. The summed E-state index contributed by atoms with van der Waals surface area (Å²) in [6.07, 6.45) is 9.69. The van der Waals surface area contributed by atoms with E-state index in [0.717, 1.165) is 24.3 Å². The normalized spacial score (nSPS) is 27.5. The summed E-state index contributed by atoms with van der Waals surface area (Å²) in [6.45, 7) is 5.89. The quantitative estimate of drug-likeness (QED) is 0.734.